The van der Waals surface area contributed by atoms with E-state index in [9.17, 15) is 14.4 Å². The second-order valence-electron chi connectivity index (χ2n) is 7.58. The van der Waals surface area contributed by atoms with Gasteiger partial charge in [-0.2, -0.15) is 0 Å². The molecule has 0 aromatic heterocycles. The van der Waals surface area contributed by atoms with Gasteiger partial charge in [0.05, 0.1) is 23.0 Å². The summed E-state index contributed by atoms with van der Waals surface area (Å²) in [6.07, 6.45) is -1.01. The van der Waals surface area contributed by atoms with Crippen LogP contribution in [0.25, 0.3) is 0 Å². The number of imide groups is 1. The molecule has 0 spiro atoms. The fourth-order valence-electron chi connectivity index (χ4n) is 4.25. The van der Waals surface area contributed by atoms with Gasteiger partial charge in [-0.1, -0.05) is 41.9 Å². The summed E-state index contributed by atoms with van der Waals surface area (Å²) < 4.78 is 0. The Balaban J connectivity index is 1.56. The normalized spacial score (nSPS) is 22.3. The van der Waals surface area contributed by atoms with E-state index in [4.69, 9.17) is 21.5 Å². The number of halogens is 1. The van der Waals surface area contributed by atoms with Gasteiger partial charge in [0.15, 0.2) is 6.10 Å². The second-order valence-corrected chi connectivity index (χ2v) is 8.01. The zero-order chi connectivity index (χ0) is 22.4. The molecule has 2 fully saturated rings. The lowest BCUT2D eigenvalue weighted by Gasteiger charge is -2.28. The quantitative estimate of drug-likeness (QED) is 0.605. The molecule has 7 nitrogen and oxygen atoms in total. The SMILES string of the molecule is O=C(O)c1ccc(N2C(=O)[C@H]3[C@H](ON(c4ccccc4)[C@H]3c3cccc(Cl)c3)C2=O)cc1. The molecular formula is C24H17ClN2O5. The van der Waals surface area contributed by atoms with Crippen molar-refractivity contribution in [1.82, 2.24) is 0 Å². The van der Waals surface area contributed by atoms with Crippen molar-refractivity contribution in [3.63, 3.8) is 0 Å². The van der Waals surface area contributed by atoms with Crippen LogP contribution in [0.4, 0.5) is 11.4 Å². The highest BCUT2D eigenvalue weighted by Gasteiger charge is 2.60. The van der Waals surface area contributed by atoms with Crippen LogP contribution in [0, 0.1) is 5.92 Å². The summed E-state index contributed by atoms with van der Waals surface area (Å²) in [4.78, 5) is 45.0. The fraction of sp³-hybridized carbons (Fsp3) is 0.125. The number of aromatic carboxylic acids is 1. The highest BCUT2D eigenvalue weighted by Crippen LogP contribution is 2.47. The molecule has 32 heavy (non-hydrogen) atoms. The number of amides is 2. The smallest absolute Gasteiger partial charge is 0.335 e. The summed E-state index contributed by atoms with van der Waals surface area (Å²) in [5, 5.41) is 11.2. The van der Waals surface area contributed by atoms with Crippen molar-refractivity contribution in [2.24, 2.45) is 5.92 Å². The molecule has 3 aromatic rings. The molecule has 5 rings (SSSR count). The number of benzene rings is 3. The van der Waals surface area contributed by atoms with E-state index in [0.717, 1.165) is 10.5 Å². The van der Waals surface area contributed by atoms with Crippen molar-refractivity contribution in [3.05, 3.63) is 95.0 Å². The molecule has 2 amide bonds. The molecule has 2 heterocycles. The van der Waals surface area contributed by atoms with Crippen LogP contribution in [-0.4, -0.2) is 29.0 Å². The molecule has 0 saturated carbocycles. The minimum absolute atomic E-state index is 0.0661. The van der Waals surface area contributed by atoms with Gasteiger partial charge in [0.2, 0.25) is 5.91 Å². The number of rotatable bonds is 4. The van der Waals surface area contributed by atoms with Crippen LogP contribution < -0.4 is 9.96 Å². The molecule has 3 atom stereocenters. The zero-order valence-electron chi connectivity index (χ0n) is 16.6. The number of hydroxylamine groups is 1. The summed E-state index contributed by atoms with van der Waals surface area (Å²) >= 11 is 6.22. The third-order valence-electron chi connectivity index (χ3n) is 5.69. The Bertz CT molecular complexity index is 1210. The summed E-state index contributed by atoms with van der Waals surface area (Å²) in [6, 6.07) is 21.4. The molecule has 2 saturated heterocycles. The van der Waals surface area contributed by atoms with Crippen LogP contribution in [0.3, 0.4) is 0 Å². The number of anilines is 2. The fourth-order valence-corrected chi connectivity index (χ4v) is 4.45. The van der Waals surface area contributed by atoms with Crippen molar-refractivity contribution in [2.75, 3.05) is 9.96 Å². The zero-order valence-corrected chi connectivity index (χ0v) is 17.3. The maximum atomic E-state index is 13.5. The molecule has 2 aliphatic heterocycles. The third-order valence-corrected chi connectivity index (χ3v) is 5.92. The summed E-state index contributed by atoms with van der Waals surface area (Å²) in [7, 11) is 0. The Morgan fingerprint density at radius 2 is 1.59 bits per heavy atom. The topological polar surface area (TPSA) is 87.2 Å². The van der Waals surface area contributed by atoms with Crippen molar-refractivity contribution in [1.29, 1.82) is 0 Å². The molecule has 0 bridgehead atoms. The van der Waals surface area contributed by atoms with Gasteiger partial charge in [0.25, 0.3) is 5.91 Å². The maximum Gasteiger partial charge on any atom is 0.335 e. The second kappa shape index (κ2) is 7.78. The van der Waals surface area contributed by atoms with Gasteiger partial charge in [0.1, 0.15) is 5.92 Å². The van der Waals surface area contributed by atoms with Crippen LogP contribution in [0.1, 0.15) is 22.0 Å². The predicted molar refractivity (Wildman–Crippen MR) is 117 cm³/mol. The highest BCUT2D eigenvalue weighted by atomic mass is 35.5. The first-order valence-electron chi connectivity index (χ1n) is 9.93. The molecule has 0 radical (unpaired) electrons. The Morgan fingerprint density at radius 1 is 0.875 bits per heavy atom. The minimum atomic E-state index is -1.09. The first kappa shape index (κ1) is 20.2. The van der Waals surface area contributed by atoms with Gasteiger partial charge in [-0.05, 0) is 54.1 Å². The molecule has 8 heteroatoms. The highest BCUT2D eigenvalue weighted by molar-refractivity contribution is 6.30. The standard InChI is InChI=1S/C24H17ClN2O5/c25-16-6-4-5-15(13-16)20-19-21(32-27(20)18-7-2-1-3-8-18)23(29)26(22(19)28)17-11-9-14(10-12-17)24(30)31/h1-13,19-21H,(H,30,31)/t19-,20+,21+/m1/s1. The van der Waals surface area contributed by atoms with E-state index in [0.29, 0.717) is 16.4 Å². The molecule has 0 aliphatic carbocycles. The largest absolute Gasteiger partial charge is 0.478 e. The predicted octanol–water partition coefficient (Wildman–Crippen LogP) is 4.09. The lowest BCUT2D eigenvalue weighted by Crippen LogP contribution is -2.37. The molecule has 160 valence electrons. The third kappa shape index (κ3) is 3.23. The summed E-state index contributed by atoms with van der Waals surface area (Å²) in [5.74, 6) is -2.78. The monoisotopic (exact) mass is 448 g/mol. The van der Waals surface area contributed by atoms with Crippen LogP contribution in [0.5, 0.6) is 0 Å². The van der Waals surface area contributed by atoms with Gasteiger partial charge in [-0.25, -0.2) is 14.8 Å². The Hall–Kier alpha value is -3.68. The lowest BCUT2D eigenvalue weighted by atomic mass is 9.90. The number of carboxylic acids is 1. The molecule has 0 unspecified atom stereocenters. The van der Waals surface area contributed by atoms with E-state index in [1.165, 1.54) is 24.3 Å². The van der Waals surface area contributed by atoms with Crippen molar-refractivity contribution in [3.8, 4) is 0 Å². The Morgan fingerprint density at radius 3 is 2.25 bits per heavy atom. The van der Waals surface area contributed by atoms with Crippen LogP contribution in [-0.2, 0) is 14.4 Å². The average molecular weight is 449 g/mol. The van der Waals surface area contributed by atoms with Gasteiger partial charge in [0, 0.05) is 5.02 Å². The number of nitrogens with zero attached hydrogens (tertiary/aromatic N) is 2. The van der Waals surface area contributed by atoms with Gasteiger partial charge in [-0.15, -0.1) is 0 Å². The van der Waals surface area contributed by atoms with Crippen LogP contribution >= 0.6 is 11.6 Å². The van der Waals surface area contributed by atoms with Crippen LogP contribution in [0.2, 0.25) is 5.02 Å². The van der Waals surface area contributed by atoms with Gasteiger partial charge < -0.3 is 5.11 Å². The van der Waals surface area contributed by atoms with Gasteiger partial charge >= 0.3 is 5.97 Å². The number of carbonyl (C=O) groups is 3. The van der Waals surface area contributed by atoms with Gasteiger partial charge in [-0.3, -0.25) is 14.4 Å². The van der Waals surface area contributed by atoms with E-state index in [1.807, 2.05) is 36.4 Å². The van der Waals surface area contributed by atoms with E-state index >= 15 is 0 Å². The number of carboxylic acid groups (broad SMARTS) is 1. The summed E-state index contributed by atoms with van der Waals surface area (Å²) in [6.45, 7) is 0. The first-order valence-corrected chi connectivity index (χ1v) is 10.3. The molecular weight excluding hydrogens is 432 g/mol. The van der Waals surface area contributed by atoms with Crippen molar-refractivity contribution >= 4 is 40.8 Å². The number of carbonyl (C=O) groups excluding carboxylic acids is 2. The number of hydrogen-bond acceptors (Lipinski definition) is 5. The minimum Gasteiger partial charge on any atom is -0.478 e. The Kier molecular flexibility index (Phi) is 4.92. The summed E-state index contributed by atoms with van der Waals surface area (Å²) in [5.41, 5.74) is 1.83. The average Bonchev–Trinajstić information content (AvgIpc) is 3.30. The number of fused-ring (bicyclic) bond motifs is 1. The molecule has 1 N–H and O–H groups in total. The van der Waals surface area contributed by atoms with Crippen molar-refractivity contribution < 1.29 is 24.3 Å². The maximum absolute atomic E-state index is 13.5. The van der Waals surface area contributed by atoms with E-state index in [2.05, 4.69) is 0 Å². The first-order chi connectivity index (χ1) is 15.5. The van der Waals surface area contributed by atoms with E-state index < -0.39 is 35.8 Å². The van der Waals surface area contributed by atoms with Crippen LogP contribution in [0.15, 0.2) is 78.9 Å². The molecule has 3 aromatic carbocycles. The lowest BCUT2D eigenvalue weighted by molar-refractivity contribution is -0.126. The Labute approximate surface area is 188 Å². The number of hydrogen-bond donors (Lipinski definition) is 1. The van der Waals surface area contributed by atoms with E-state index in [1.54, 1.807) is 23.3 Å². The van der Waals surface area contributed by atoms with Crippen molar-refractivity contribution in [2.45, 2.75) is 12.1 Å². The van der Waals surface area contributed by atoms with E-state index in [-0.39, 0.29) is 5.56 Å². The number of para-hydroxylation sites is 1. The molecule has 2 aliphatic rings.